The lowest BCUT2D eigenvalue weighted by molar-refractivity contribution is 0.582. The van der Waals surface area contributed by atoms with Crippen molar-refractivity contribution in [3.05, 3.63) is 53.6 Å². The molecule has 88 valence electrons. The molecule has 0 spiro atoms. The molecule has 5 heteroatoms. The van der Waals surface area contributed by atoms with Crippen molar-refractivity contribution in [1.82, 2.24) is 0 Å². The Hall–Kier alpha value is -2.04. The zero-order chi connectivity index (χ0) is 12.6. The second kappa shape index (κ2) is 4.08. The van der Waals surface area contributed by atoms with E-state index in [9.17, 15) is 17.6 Å². The summed E-state index contributed by atoms with van der Waals surface area (Å²) in [4.78, 5) is 0. The number of nitrogen functional groups attached to an aromatic ring is 1. The molecule has 0 saturated carbocycles. The first-order valence-electron chi connectivity index (χ1n) is 4.68. The molecule has 0 radical (unpaired) electrons. The number of hydrogen-bond acceptors (Lipinski definition) is 1. The molecule has 0 bridgehead atoms. The third kappa shape index (κ3) is 2.22. The molecule has 0 fully saturated rings. The van der Waals surface area contributed by atoms with Gasteiger partial charge in [-0.15, -0.1) is 0 Å². The topological polar surface area (TPSA) is 26.0 Å². The van der Waals surface area contributed by atoms with Crippen molar-refractivity contribution in [2.75, 3.05) is 5.73 Å². The smallest absolute Gasteiger partial charge is 0.146 e. The Morgan fingerprint density at radius 3 is 1.88 bits per heavy atom. The summed E-state index contributed by atoms with van der Waals surface area (Å²) in [7, 11) is 0. The summed E-state index contributed by atoms with van der Waals surface area (Å²) in [6.45, 7) is 0. The monoisotopic (exact) mass is 241 g/mol. The molecule has 2 rings (SSSR count). The van der Waals surface area contributed by atoms with Crippen molar-refractivity contribution in [2.24, 2.45) is 0 Å². The standard InChI is InChI=1S/C12H7F4N/c13-7-1-6(2-8(14)3-7)9-4-11(16)12(17)5-10(9)15/h1-5H,17H2. The van der Waals surface area contributed by atoms with Crippen LogP contribution in [0.5, 0.6) is 0 Å². The molecule has 0 aliphatic heterocycles. The van der Waals surface area contributed by atoms with E-state index in [1.165, 1.54) is 0 Å². The van der Waals surface area contributed by atoms with Crippen LogP contribution in [0.1, 0.15) is 0 Å². The molecule has 2 N–H and O–H groups in total. The highest BCUT2D eigenvalue weighted by atomic mass is 19.1. The van der Waals surface area contributed by atoms with Gasteiger partial charge in [0.1, 0.15) is 23.3 Å². The van der Waals surface area contributed by atoms with Gasteiger partial charge in [-0.25, -0.2) is 17.6 Å². The third-order valence-electron chi connectivity index (χ3n) is 2.26. The maximum atomic E-state index is 13.5. The zero-order valence-electron chi connectivity index (χ0n) is 8.48. The van der Waals surface area contributed by atoms with Crippen LogP contribution in [-0.4, -0.2) is 0 Å². The number of rotatable bonds is 1. The van der Waals surface area contributed by atoms with Crippen LogP contribution >= 0.6 is 0 Å². The second-order valence-corrected chi connectivity index (χ2v) is 3.51. The molecule has 2 aromatic rings. The minimum absolute atomic E-state index is 0.0844. The van der Waals surface area contributed by atoms with Crippen molar-refractivity contribution < 1.29 is 17.6 Å². The maximum absolute atomic E-state index is 13.5. The number of benzene rings is 2. The second-order valence-electron chi connectivity index (χ2n) is 3.51. The molecular formula is C12H7F4N. The number of hydrogen-bond donors (Lipinski definition) is 1. The van der Waals surface area contributed by atoms with Gasteiger partial charge < -0.3 is 5.73 Å². The Bertz CT molecular complexity index is 561. The number of nitrogens with two attached hydrogens (primary N) is 1. The van der Waals surface area contributed by atoms with E-state index in [-0.39, 0.29) is 16.8 Å². The molecule has 0 aromatic heterocycles. The molecule has 0 aliphatic carbocycles. The summed E-state index contributed by atoms with van der Waals surface area (Å²) in [5, 5.41) is 0. The fourth-order valence-corrected chi connectivity index (χ4v) is 1.49. The molecule has 0 heterocycles. The normalized spacial score (nSPS) is 10.6. The lowest BCUT2D eigenvalue weighted by Gasteiger charge is -2.06. The van der Waals surface area contributed by atoms with Gasteiger partial charge in [0.25, 0.3) is 0 Å². The van der Waals surface area contributed by atoms with E-state index < -0.39 is 23.3 Å². The molecule has 0 unspecified atom stereocenters. The maximum Gasteiger partial charge on any atom is 0.146 e. The van der Waals surface area contributed by atoms with Crippen molar-refractivity contribution >= 4 is 5.69 Å². The van der Waals surface area contributed by atoms with Gasteiger partial charge >= 0.3 is 0 Å². The van der Waals surface area contributed by atoms with Gasteiger partial charge in [0, 0.05) is 17.7 Å². The molecule has 0 amide bonds. The van der Waals surface area contributed by atoms with Crippen LogP contribution < -0.4 is 5.73 Å². The summed E-state index contributed by atoms with van der Waals surface area (Å²) in [5.41, 5.74) is 4.48. The van der Waals surface area contributed by atoms with Crippen LogP contribution in [0.15, 0.2) is 30.3 Å². The first-order valence-corrected chi connectivity index (χ1v) is 4.68. The Kier molecular flexibility index (Phi) is 2.75. The van der Waals surface area contributed by atoms with E-state index in [0.29, 0.717) is 6.07 Å². The highest BCUT2D eigenvalue weighted by Crippen LogP contribution is 2.27. The summed E-state index contributed by atoms with van der Waals surface area (Å²) >= 11 is 0. The van der Waals surface area contributed by atoms with E-state index in [1.807, 2.05) is 0 Å². The highest BCUT2D eigenvalue weighted by molar-refractivity contribution is 5.66. The quantitative estimate of drug-likeness (QED) is 0.600. The number of anilines is 1. The highest BCUT2D eigenvalue weighted by Gasteiger charge is 2.11. The van der Waals surface area contributed by atoms with E-state index in [4.69, 9.17) is 5.73 Å². The van der Waals surface area contributed by atoms with Crippen LogP contribution in [0.25, 0.3) is 11.1 Å². The van der Waals surface area contributed by atoms with Crippen LogP contribution in [0.4, 0.5) is 23.2 Å². The zero-order valence-corrected chi connectivity index (χ0v) is 8.48. The molecular weight excluding hydrogens is 234 g/mol. The van der Waals surface area contributed by atoms with Crippen molar-refractivity contribution in [3.63, 3.8) is 0 Å². The Morgan fingerprint density at radius 2 is 1.29 bits per heavy atom. The predicted octanol–water partition coefficient (Wildman–Crippen LogP) is 3.49. The van der Waals surface area contributed by atoms with Gasteiger partial charge in [0.2, 0.25) is 0 Å². The first-order chi connectivity index (χ1) is 7.97. The van der Waals surface area contributed by atoms with Crippen LogP contribution in [-0.2, 0) is 0 Å². The summed E-state index contributed by atoms with van der Waals surface area (Å²) in [6.07, 6.45) is 0. The lowest BCUT2D eigenvalue weighted by Crippen LogP contribution is -1.95. The predicted molar refractivity (Wildman–Crippen MR) is 56.1 cm³/mol. The summed E-state index contributed by atoms with van der Waals surface area (Å²) in [5.74, 6) is -3.41. The fourth-order valence-electron chi connectivity index (χ4n) is 1.49. The molecule has 0 atom stereocenters. The van der Waals surface area contributed by atoms with Crippen molar-refractivity contribution in [1.29, 1.82) is 0 Å². The first kappa shape index (κ1) is 11.4. The Labute approximate surface area is 94.5 Å². The van der Waals surface area contributed by atoms with Crippen molar-refractivity contribution in [3.8, 4) is 11.1 Å². The summed E-state index contributed by atoms with van der Waals surface area (Å²) in [6, 6.07) is 4.05. The Balaban J connectivity index is 2.64. The van der Waals surface area contributed by atoms with Crippen LogP contribution in [0.2, 0.25) is 0 Å². The minimum Gasteiger partial charge on any atom is -0.396 e. The van der Waals surface area contributed by atoms with Gasteiger partial charge in [-0.3, -0.25) is 0 Å². The van der Waals surface area contributed by atoms with Gasteiger partial charge in [-0.2, -0.15) is 0 Å². The average molecular weight is 241 g/mol. The van der Waals surface area contributed by atoms with E-state index in [0.717, 1.165) is 24.3 Å². The van der Waals surface area contributed by atoms with Crippen molar-refractivity contribution in [2.45, 2.75) is 0 Å². The van der Waals surface area contributed by atoms with Gasteiger partial charge in [-0.05, 0) is 23.8 Å². The minimum atomic E-state index is -0.864. The molecule has 0 saturated heterocycles. The van der Waals surface area contributed by atoms with Crippen LogP contribution in [0, 0.1) is 23.3 Å². The SMILES string of the molecule is Nc1cc(F)c(-c2cc(F)cc(F)c2)cc1F. The van der Waals surface area contributed by atoms with E-state index >= 15 is 0 Å². The summed E-state index contributed by atoms with van der Waals surface area (Å²) < 4.78 is 52.5. The largest absolute Gasteiger partial charge is 0.396 e. The lowest BCUT2D eigenvalue weighted by atomic mass is 10.0. The van der Waals surface area contributed by atoms with E-state index in [2.05, 4.69) is 0 Å². The number of halogens is 4. The van der Waals surface area contributed by atoms with Gasteiger partial charge in [0.05, 0.1) is 5.69 Å². The van der Waals surface area contributed by atoms with Crippen LogP contribution in [0.3, 0.4) is 0 Å². The van der Waals surface area contributed by atoms with E-state index in [1.54, 1.807) is 0 Å². The third-order valence-corrected chi connectivity index (χ3v) is 2.26. The average Bonchev–Trinajstić information content (AvgIpc) is 2.22. The Morgan fingerprint density at radius 1 is 0.706 bits per heavy atom. The molecule has 1 nitrogen and oxygen atoms in total. The molecule has 17 heavy (non-hydrogen) atoms. The van der Waals surface area contributed by atoms with Gasteiger partial charge in [-0.1, -0.05) is 0 Å². The molecule has 2 aromatic carbocycles. The molecule has 0 aliphatic rings. The fraction of sp³-hybridized carbons (Fsp3) is 0. The van der Waals surface area contributed by atoms with Gasteiger partial charge in [0.15, 0.2) is 0 Å².